The lowest BCUT2D eigenvalue weighted by Gasteiger charge is -2.11. The fraction of sp³-hybridized carbons (Fsp3) is 0.200. The molecule has 0 aliphatic carbocycles. The molecule has 2 rings (SSSR count). The molecule has 0 amide bonds. The molecule has 0 saturated carbocycles. The van der Waals surface area contributed by atoms with Gasteiger partial charge in [-0.1, -0.05) is 35.9 Å². The quantitative estimate of drug-likeness (QED) is 0.731. The molecule has 0 bridgehead atoms. The van der Waals surface area contributed by atoms with Gasteiger partial charge in [0.2, 0.25) is 0 Å². The van der Waals surface area contributed by atoms with E-state index in [-0.39, 0.29) is 0 Å². The van der Waals surface area contributed by atoms with Crippen LogP contribution >= 0.6 is 0 Å². The van der Waals surface area contributed by atoms with Crippen molar-refractivity contribution in [2.75, 3.05) is 7.11 Å². The van der Waals surface area contributed by atoms with Crippen LogP contribution in [0, 0.1) is 13.8 Å². The Morgan fingerprint density at radius 2 is 1.62 bits per heavy atom. The maximum atomic E-state index is 5.41. The Kier molecular flexibility index (Phi) is 2.95. The molecular formula is C15H16O. The molecule has 0 radical (unpaired) electrons. The number of methoxy groups -OCH3 is 1. The summed E-state index contributed by atoms with van der Waals surface area (Å²) in [6.07, 6.45) is 0. The average Bonchev–Trinajstić information content (AvgIpc) is 2.29. The molecule has 16 heavy (non-hydrogen) atoms. The molecule has 0 spiro atoms. The van der Waals surface area contributed by atoms with Crippen molar-refractivity contribution in [3.63, 3.8) is 0 Å². The molecule has 0 aliphatic heterocycles. The van der Waals surface area contributed by atoms with Crippen molar-refractivity contribution >= 4 is 0 Å². The number of benzene rings is 2. The summed E-state index contributed by atoms with van der Waals surface area (Å²) in [5.41, 5.74) is 4.93. The lowest BCUT2D eigenvalue weighted by molar-refractivity contribution is 0.416. The van der Waals surface area contributed by atoms with Crippen LogP contribution in [0.1, 0.15) is 11.1 Å². The minimum absolute atomic E-state index is 0.930. The molecule has 0 atom stereocenters. The van der Waals surface area contributed by atoms with Crippen LogP contribution < -0.4 is 4.74 Å². The highest BCUT2D eigenvalue weighted by Gasteiger charge is 2.07. The first-order valence-electron chi connectivity index (χ1n) is 5.43. The van der Waals surface area contributed by atoms with E-state index in [4.69, 9.17) is 4.74 Å². The van der Waals surface area contributed by atoms with E-state index in [1.807, 2.05) is 6.07 Å². The van der Waals surface area contributed by atoms with Crippen molar-refractivity contribution in [2.24, 2.45) is 0 Å². The van der Waals surface area contributed by atoms with Gasteiger partial charge in [-0.05, 0) is 37.1 Å². The van der Waals surface area contributed by atoms with Crippen LogP contribution in [0.2, 0.25) is 0 Å². The molecule has 0 saturated heterocycles. The molecule has 0 N–H and O–H groups in total. The topological polar surface area (TPSA) is 9.23 Å². The molecule has 1 nitrogen and oxygen atoms in total. The normalized spacial score (nSPS) is 10.2. The van der Waals surface area contributed by atoms with Crippen LogP contribution in [-0.4, -0.2) is 7.11 Å². The summed E-state index contributed by atoms with van der Waals surface area (Å²) in [4.78, 5) is 0. The monoisotopic (exact) mass is 212 g/mol. The molecule has 2 aromatic carbocycles. The summed E-state index contributed by atoms with van der Waals surface area (Å²) in [5, 5.41) is 0. The molecule has 0 aromatic heterocycles. The second-order valence-corrected chi connectivity index (χ2v) is 4.02. The van der Waals surface area contributed by atoms with Gasteiger partial charge in [-0.15, -0.1) is 0 Å². The van der Waals surface area contributed by atoms with Gasteiger partial charge in [0, 0.05) is 5.56 Å². The zero-order valence-electron chi connectivity index (χ0n) is 9.95. The van der Waals surface area contributed by atoms with Crippen molar-refractivity contribution in [2.45, 2.75) is 13.8 Å². The van der Waals surface area contributed by atoms with Gasteiger partial charge in [0.25, 0.3) is 0 Å². The lowest BCUT2D eigenvalue weighted by Crippen LogP contribution is -1.90. The van der Waals surface area contributed by atoms with Crippen LogP contribution in [0.25, 0.3) is 11.1 Å². The van der Waals surface area contributed by atoms with E-state index in [2.05, 4.69) is 50.2 Å². The van der Waals surface area contributed by atoms with Gasteiger partial charge >= 0.3 is 0 Å². The molecule has 82 valence electrons. The van der Waals surface area contributed by atoms with E-state index in [1.54, 1.807) is 7.11 Å². The second kappa shape index (κ2) is 4.40. The maximum Gasteiger partial charge on any atom is 0.126 e. The maximum absolute atomic E-state index is 5.41. The summed E-state index contributed by atoms with van der Waals surface area (Å²) in [5.74, 6) is 0.930. The third-order valence-corrected chi connectivity index (χ3v) is 2.79. The van der Waals surface area contributed by atoms with Crippen molar-refractivity contribution < 1.29 is 4.74 Å². The second-order valence-electron chi connectivity index (χ2n) is 4.02. The van der Waals surface area contributed by atoms with E-state index in [0.29, 0.717) is 0 Å². The predicted octanol–water partition coefficient (Wildman–Crippen LogP) is 3.98. The first-order chi connectivity index (χ1) is 7.72. The number of hydrogen-bond donors (Lipinski definition) is 0. The highest BCUT2D eigenvalue weighted by Crippen LogP contribution is 2.32. The molecule has 2 aromatic rings. The Morgan fingerprint density at radius 1 is 0.875 bits per heavy atom. The third-order valence-electron chi connectivity index (χ3n) is 2.79. The van der Waals surface area contributed by atoms with Gasteiger partial charge in [0.05, 0.1) is 7.11 Å². The standard InChI is InChI=1S/C15H16O/c1-11-8-9-15(16-3)14(10-11)13-7-5-4-6-12(13)2/h4-10H,1-3H3. The summed E-state index contributed by atoms with van der Waals surface area (Å²) in [6.45, 7) is 4.22. The summed E-state index contributed by atoms with van der Waals surface area (Å²) >= 11 is 0. The minimum atomic E-state index is 0.930. The molecule has 1 heteroatoms. The molecular weight excluding hydrogens is 196 g/mol. The van der Waals surface area contributed by atoms with Crippen LogP contribution in [-0.2, 0) is 0 Å². The largest absolute Gasteiger partial charge is 0.496 e. The Morgan fingerprint density at radius 3 is 2.31 bits per heavy atom. The van der Waals surface area contributed by atoms with Gasteiger partial charge in [-0.3, -0.25) is 0 Å². The van der Waals surface area contributed by atoms with Crippen molar-refractivity contribution in [1.82, 2.24) is 0 Å². The third kappa shape index (κ3) is 1.94. The SMILES string of the molecule is COc1ccc(C)cc1-c1ccccc1C. The van der Waals surface area contributed by atoms with Crippen LogP contribution in [0.15, 0.2) is 42.5 Å². The molecule has 0 heterocycles. The zero-order chi connectivity index (χ0) is 11.5. The summed E-state index contributed by atoms with van der Waals surface area (Å²) < 4.78 is 5.41. The Hall–Kier alpha value is -1.76. The zero-order valence-corrected chi connectivity index (χ0v) is 9.95. The molecule has 0 aliphatic rings. The van der Waals surface area contributed by atoms with Gasteiger partial charge in [0.15, 0.2) is 0 Å². The first-order valence-corrected chi connectivity index (χ1v) is 5.43. The number of rotatable bonds is 2. The van der Waals surface area contributed by atoms with E-state index in [1.165, 1.54) is 22.3 Å². The Bertz CT molecular complexity index is 501. The summed E-state index contributed by atoms with van der Waals surface area (Å²) in [6, 6.07) is 14.6. The van der Waals surface area contributed by atoms with Crippen molar-refractivity contribution in [3.8, 4) is 16.9 Å². The van der Waals surface area contributed by atoms with E-state index in [9.17, 15) is 0 Å². The number of ether oxygens (including phenoxy) is 1. The van der Waals surface area contributed by atoms with Gasteiger partial charge in [-0.25, -0.2) is 0 Å². The van der Waals surface area contributed by atoms with E-state index in [0.717, 1.165) is 5.75 Å². The van der Waals surface area contributed by atoms with Gasteiger partial charge < -0.3 is 4.74 Å². The average molecular weight is 212 g/mol. The number of hydrogen-bond acceptors (Lipinski definition) is 1. The first kappa shape index (κ1) is 10.7. The van der Waals surface area contributed by atoms with Crippen LogP contribution in [0.4, 0.5) is 0 Å². The number of aryl methyl sites for hydroxylation is 2. The summed E-state index contributed by atoms with van der Waals surface area (Å²) in [7, 11) is 1.71. The smallest absolute Gasteiger partial charge is 0.126 e. The molecule has 0 unspecified atom stereocenters. The Balaban J connectivity index is 2.63. The van der Waals surface area contributed by atoms with Crippen molar-refractivity contribution in [3.05, 3.63) is 53.6 Å². The predicted molar refractivity (Wildman–Crippen MR) is 67.9 cm³/mol. The lowest BCUT2D eigenvalue weighted by atomic mass is 9.98. The van der Waals surface area contributed by atoms with E-state index < -0.39 is 0 Å². The highest BCUT2D eigenvalue weighted by molar-refractivity contribution is 5.73. The van der Waals surface area contributed by atoms with Crippen molar-refractivity contribution in [1.29, 1.82) is 0 Å². The van der Waals surface area contributed by atoms with Gasteiger partial charge in [-0.2, -0.15) is 0 Å². The van der Waals surface area contributed by atoms with Gasteiger partial charge in [0.1, 0.15) is 5.75 Å². The highest BCUT2D eigenvalue weighted by atomic mass is 16.5. The molecule has 0 fully saturated rings. The van der Waals surface area contributed by atoms with E-state index >= 15 is 0 Å². The fourth-order valence-corrected chi connectivity index (χ4v) is 1.91. The van der Waals surface area contributed by atoms with Crippen LogP contribution in [0.3, 0.4) is 0 Å². The minimum Gasteiger partial charge on any atom is -0.496 e. The van der Waals surface area contributed by atoms with Crippen LogP contribution in [0.5, 0.6) is 5.75 Å². The fourth-order valence-electron chi connectivity index (χ4n) is 1.91. The Labute approximate surface area is 96.7 Å².